The lowest BCUT2D eigenvalue weighted by Crippen LogP contribution is -2.32. The molecule has 5 heteroatoms. The molecule has 0 aliphatic rings. The summed E-state index contributed by atoms with van der Waals surface area (Å²) in [5.41, 5.74) is 5.93. The average Bonchev–Trinajstić information content (AvgIpc) is 2.25. The van der Waals surface area contributed by atoms with Crippen LogP contribution in [0.4, 0.5) is 4.39 Å². The first kappa shape index (κ1) is 13.4. The number of halogens is 1. The zero-order valence-electron chi connectivity index (χ0n) is 10.1. The Morgan fingerprint density at radius 1 is 1.53 bits per heavy atom. The van der Waals surface area contributed by atoms with Gasteiger partial charge in [-0.05, 0) is 31.2 Å². The van der Waals surface area contributed by atoms with Gasteiger partial charge in [0, 0.05) is 6.54 Å². The summed E-state index contributed by atoms with van der Waals surface area (Å²) in [4.78, 5) is 12.5. The van der Waals surface area contributed by atoms with Crippen molar-refractivity contribution in [1.82, 2.24) is 4.90 Å². The van der Waals surface area contributed by atoms with Crippen LogP contribution >= 0.6 is 0 Å². The van der Waals surface area contributed by atoms with Gasteiger partial charge in [-0.2, -0.15) is 0 Å². The van der Waals surface area contributed by atoms with Gasteiger partial charge in [-0.1, -0.05) is 6.07 Å². The summed E-state index contributed by atoms with van der Waals surface area (Å²) in [6.45, 7) is 0.855. The number of primary amides is 1. The molecule has 0 atom stereocenters. The van der Waals surface area contributed by atoms with Gasteiger partial charge in [0.15, 0.2) is 11.6 Å². The van der Waals surface area contributed by atoms with Crippen LogP contribution in [-0.4, -0.2) is 38.1 Å². The van der Waals surface area contributed by atoms with E-state index in [1.165, 1.54) is 13.2 Å². The lowest BCUT2D eigenvalue weighted by Gasteiger charge is -2.14. The lowest BCUT2D eigenvalue weighted by molar-refractivity contribution is -0.118. The Labute approximate surface area is 100 Å². The summed E-state index contributed by atoms with van der Waals surface area (Å²) in [7, 11) is 3.23. The predicted octanol–water partition coefficient (Wildman–Crippen LogP) is 0.794. The normalized spacial score (nSPS) is 10.6. The summed E-state index contributed by atoms with van der Waals surface area (Å²) in [5, 5.41) is 0. The number of amides is 1. The predicted molar refractivity (Wildman–Crippen MR) is 63.3 cm³/mol. The molecule has 0 aliphatic carbocycles. The highest BCUT2D eigenvalue weighted by Gasteiger charge is 2.06. The zero-order chi connectivity index (χ0) is 12.8. The fraction of sp³-hybridized carbons (Fsp3) is 0.417. The highest BCUT2D eigenvalue weighted by Crippen LogP contribution is 2.17. The van der Waals surface area contributed by atoms with E-state index in [0.717, 1.165) is 5.56 Å². The molecule has 0 radical (unpaired) electrons. The minimum absolute atomic E-state index is 0.207. The smallest absolute Gasteiger partial charge is 0.231 e. The van der Waals surface area contributed by atoms with Gasteiger partial charge in [0.25, 0.3) is 0 Å². The van der Waals surface area contributed by atoms with Crippen molar-refractivity contribution < 1.29 is 13.9 Å². The monoisotopic (exact) mass is 240 g/mol. The number of rotatable bonds is 6. The van der Waals surface area contributed by atoms with E-state index in [4.69, 9.17) is 10.5 Å². The van der Waals surface area contributed by atoms with E-state index in [1.54, 1.807) is 24.1 Å². The van der Waals surface area contributed by atoms with E-state index in [1.807, 2.05) is 0 Å². The van der Waals surface area contributed by atoms with Crippen molar-refractivity contribution in [2.45, 2.75) is 6.42 Å². The van der Waals surface area contributed by atoms with E-state index in [2.05, 4.69) is 0 Å². The molecule has 1 aromatic carbocycles. The Bertz CT molecular complexity index is 396. The molecular weight excluding hydrogens is 223 g/mol. The second kappa shape index (κ2) is 6.20. The molecule has 0 bridgehead atoms. The van der Waals surface area contributed by atoms with Gasteiger partial charge in [-0.15, -0.1) is 0 Å². The van der Waals surface area contributed by atoms with Crippen molar-refractivity contribution in [3.8, 4) is 5.75 Å². The van der Waals surface area contributed by atoms with Gasteiger partial charge < -0.3 is 10.5 Å². The van der Waals surface area contributed by atoms with Crippen LogP contribution in [-0.2, 0) is 11.2 Å². The number of benzene rings is 1. The first-order chi connectivity index (χ1) is 8.02. The summed E-state index contributed by atoms with van der Waals surface area (Å²) >= 11 is 0. The number of likely N-dealkylation sites (N-methyl/N-ethyl adjacent to an activating group) is 1. The number of nitrogens with two attached hydrogens (primary N) is 1. The zero-order valence-corrected chi connectivity index (χ0v) is 10.1. The van der Waals surface area contributed by atoms with Crippen molar-refractivity contribution in [3.05, 3.63) is 29.6 Å². The second-order valence-electron chi connectivity index (χ2n) is 3.92. The number of ether oxygens (including phenoxy) is 1. The molecule has 0 heterocycles. The molecular formula is C12H17FN2O2. The van der Waals surface area contributed by atoms with Crippen molar-refractivity contribution >= 4 is 5.91 Å². The number of nitrogens with zero attached hydrogens (tertiary/aromatic N) is 1. The Balaban J connectivity index is 2.52. The molecule has 1 rings (SSSR count). The van der Waals surface area contributed by atoms with Gasteiger partial charge >= 0.3 is 0 Å². The summed E-state index contributed by atoms with van der Waals surface area (Å²) in [6.07, 6.45) is 0.657. The van der Waals surface area contributed by atoms with Crippen LogP contribution in [0.15, 0.2) is 18.2 Å². The molecule has 17 heavy (non-hydrogen) atoms. The molecule has 94 valence electrons. The summed E-state index contributed by atoms with van der Waals surface area (Å²) in [6, 6.07) is 4.84. The molecule has 0 saturated carbocycles. The van der Waals surface area contributed by atoms with Gasteiger partial charge in [0.1, 0.15) is 0 Å². The standard InChI is InChI=1S/C12H17FN2O2/c1-15(8-12(14)16)6-5-9-3-4-11(17-2)10(13)7-9/h3-4,7H,5-6,8H2,1-2H3,(H2,14,16). The van der Waals surface area contributed by atoms with Gasteiger partial charge in [0.05, 0.1) is 13.7 Å². The third-order valence-corrected chi connectivity index (χ3v) is 2.42. The topological polar surface area (TPSA) is 55.6 Å². The van der Waals surface area contributed by atoms with Gasteiger partial charge in [0.2, 0.25) is 5.91 Å². The quantitative estimate of drug-likeness (QED) is 0.800. The van der Waals surface area contributed by atoms with E-state index in [-0.39, 0.29) is 24.0 Å². The number of hydrogen-bond acceptors (Lipinski definition) is 3. The first-order valence-electron chi connectivity index (χ1n) is 5.32. The second-order valence-corrected chi connectivity index (χ2v) is 3.92. The molecule has 0 saturated heterocycles. The maximum Gasteiger partial charge on any atom is 0.231 e. The SMILES string of the molecule is COc1ccc(CCN(C)CC(N)=O)cc1F. The number of carbonyl (C=O) groups is 1. The molecule has 0 unspecified atom stereocenters. The number of methoxy groups -OCH3 is 1. The van der Waals surface area contributed by atoms with Crippen molar-refractivity contribution in [2.75, 3.05) is 27.2 Å². The highest BCUT2D eigenvalue weighted by molar-refractivity contribution is 5.75. The fourth-order valence-electron chi connectivity index (χ4n) is 1.53. The molecule has 2 N–H and O–H groups in total. The third kappa shape index (κ3) is 4.40. The summed E-state index contributed by atoms with van der Waals surface area (Å²) in [5.74, 6) is -0.504. The summed E-state index contributed by atoms with van der Waals surface area (Å²) < 4.78 is 18.2. The van der Waals surface area contributed by atoms with E-state index >= 15 is 0 Å². The highest BCUT2D eigenvalue weighted by atomic mass is 19.1. The molecule has 0 fully saturated rings. The van der Waals surface area contributed by atoms with Crippen LogP contribution in [0.1, 0.15) is 5.56 Å². The van der Waals surface area contributed by atoms with E-state index < -0.39 is 0 Å². The Morgan fingerprint density at radius 3 is 2.76 bits per heavy atom. The van der Waals surface area contributed by atoms with Crippen LogP contribution in [0.25, 0.3) is 0 Å². The van der Waals surface area contributed by atoms with Crippen LogP contribution in [0.2, 0.25) is 0 Å². The molecule has 1 amide bonds. The molecule has 0 spiro atoms. The fourth-order valence-corrected chi connectivity index (χ4v) is 1.53. The average molecular weight is 240 g/mol. The van der Waals surface area contributed by atoms with Gasteiger partial charge in [-0.25, -0.2) is 4.39 Å². The van der Waals surface area contributed by atoms with Crippen LogP contribution in [0.3, 0.4) is 0 Å². The molecule has 0 aliphatic heterocycles. The third-order valence-electron chi connectivity index (χ3n) is 2.42. The Hall–Kier alpha value is -1.62. The molecule has 0 aromatic heterocycles. The minimum atomic E-state index is -0.373. The molecule has 1 aromatic rings. The number of carbonyl (C=O) groups excluding carboxylic acids is 1. The molecule has 4 nitrogen and oxygen atoms in total. The van der Waals surface area contributed by atoms with Crippen LogP contribution in [0.5, 0.6) is 5.75 Å². The van der Waals surface area contributed by atoms with Crippen LogP contribution in [0, 0.1) is 5.82 Å². The van der Waals surface area contributed by atoms with E-state index in [9.17, 15) is 9.18 Å². The van der Waals surface area contributed by atoms with Crippen molar-refractivity contribution in [2.24, 2.45) is 5.73 Å². The Morgan fingerprint density at radius 2 is 2.24 bits per heavy atom. The maximum absolute atomic E-state index is 13.4. The first-order valence-corrected chi connectivity index (χ1v) is 5.32. The van der Waals surface area contributed by atoms with Gasteiger partial charge in [-0.3, -0.25) is 9.69 Å². The van der Waals surface area contributed by atoms with E-state index in [0.29, 0.717) is 13.0 Å². The van der Waals surface area contributed by atoms with Crippen LogP contribution < -0.4 is 10.5 Å². The minimum Gasteiger partial charge on any atom is -0.494 e. The lowest BCUT2D eigenvalue weighted by atomic mass is 10.1. The van der Waals surface area contributed by atoms with Crippen molar-refractivity contribution in [1.29, 1.82) is 0 Å². The maximum atomic E-state index is 13.4. The number of hydrogen-bond donors (Lipinski definition) is 1. The Kier molecular flexibility index (Phi) is 4.90. The largest absolute Gasteiger partial charge is 0.494 e. The van der Waals surface area contributed by atoms with Crippen molar-refractivity contribution in [3.63, 3.8) is 0 Å².